The maximum absolute atomic E-state index is 11.8. The van der Waals surface area contributed by atoms with E-state index in [9.17, 15) is 19.7 Å². The number of nitrogens with one attached hydrogen (secondary N) is 2. The number of nitrogens with two attached hydrogens (primary N) is 1. The van der Waals surface area contributed by atoms with Crippen LogP contribution in [0.25, 0.3) is 0 Å². The van der Waals surface area contributed by atoms with Crippen LogP contribution in [-0.4, -0.2) is 42.0 Å². The third-order valence-electron chi connectivity index (χ3n) is 3.95. The molecule has 1 aromatic rings. The first kappa shape index (κ1) is 18.7. The summed E-state index contributed by atoms with van der Waals surface area (Å²) in [7, 11) is 0. The van der Waals surface area contributed by atoms with E-state index in [1.54, 1.807) is 18.2 Å². The van der Waals surface area contributed by atoms with Crippen molar-refractivity contribution in [2.75, 3.05) is 18.4 Å². The van der Waals surface area contributed by atoms with Crippen LogP contribution in [0.3, 0.4) is 0 Å². The van der Waals surface area contributed by atoms with Crippen LogP contribution in [0.15, 0.2) is 24.3 Å². The number of ether oxygens (including phenoxy) is 1. The quantitative estimate of drug-likeness (QED) is 0.344. The van der Waals surface area contributed by atoms with Crippen LogP contribution < -0.4 is 16.4 Å². The van der Waals surface area contributed by atoms with Gasteiger partial charge in [0.25, 0.3) is 5.69 Å². The van der Waals surface area contributed by atoms with E-state index >= 15 is 0 Å². The van der Waals surface area contributed by atoms with Crippen molar-refractivity contribution in [2.45, 2.75) is 37.9 Å². The van der Waals surface area contributed by atoms with Crippen molar-refractivity contribution >= 4 is 23.2 Å². The zero-order valence-electron chi connectivity index (χ0n) is 13.8. The Labute approximate surface area is 145 Å². The highest BCUT2D eigenvalue weighted by Gasteiger charge is 2.29. The predicted molar refractivity (Wildman–Crippen MR) is 90.9 cm³/mol. The number of nitro groups is 1. The Morgan fingerprint density at radius 3 is 2.76 bits per heavy atom. The lowest BCUT2D eigenvalue weighted by Crippen LogP contribution is -2.34. The maximum atomic E-state index is 11.8. The molecule has 1 aromatic carbocycles. The van der Waals surface area contributed by atoms with Gasteiger partial charge in [-0.25, -0.2) is 0 Å². The Bertz CT molecular complexity index is 637. The van der Waals surface area contributed by atoms with Crippen LogP contribution in [0.5, 0.6) is 0 Å². The van der Waals surface area contributed by atoms with E-state index in [1.807, 2.05) is 0 Å². The van der Waals surface area contributed by atoms with Gasteiger partial charge in [-0.1, -0.05) is 12.1 Å². The molecule has 1 fully saturated rings. The lowest BCUT2D eigenvalue weighted by molar-refractivity contribution is -0.384. The van der Waals surface area contributed by atoms with Crippen molar-refractivity contribution in [3.63, 3.8) is 0 Å². The van der Waals surface area contributed by atoms with Crippen molar-refractivity contribution in [2.24, 2.45) is 5.73 Å². The number of rotatable bonds is 9. The average Bonchev–Trinajstić information content (AvgIpc) is 3.06. The first-order valence-corrected chi connectivity index (χ1v) is 8.16. The van der Waals surface area contributed by atoms with E-state index < -0.39 is 16.9 Å². The van der Waals surface area contributed by atoms with E-state index in [4.69, 9.17) is 10.5 Å². The largest absolute Gasteiger partial charge is 0.379 e. The van der Waals surface area contributed by atoms with Gasteiger partial charge in [-0.2, -0.15) is 0 Å². The number of hydrogen-bond donors (Lipinski definition) is 3. The van der Waals surface area contributed by atoms with Crippen molar-refractivity contribution in [1.29, 1.82) is 0 Å². The number of para-hydroxylation sites is 2. The molecule has 1 heterocycles. The molecular weight excluding hydrogens is 328 g/mol. The molecule has 0 radical (unpaired) electrons. The van der Waals surface area contributed by atoms with Gasteiger partial charge < -0.3 is 21.1 Å². The molecule has 2 rings (SSSR count). The summed E-state index contributed by atoms with van der Waals surface area (Å²) < 4.78 is 5.43. The number of benzene rings is 1. The second-order valence-electron chi connectivity index (χ2n) is 5.84. The van der Waals surface area contributed by atoms with Crippen LogP contribution in [0, 0.1) is 10.1 Å². The first-order valence-electron chi connectivity index (χ1n) is 8.16. The molecule has 0 saturated carbocycles. The van der Waals surface area contributed by atoms with Gasteiger partial charge in [0.05, 0.1) is 11.0 Å². The monoisotopic (exact) mass is 350 g/mol. The molecule has 1 saturated heterocycles. The fraction of sp³-hybridized carbons (Fsp3) is 0.500. The fourth-order valence-electron chi connectivity index (χ4n) is 2.64. The number of hydrogen-bond acceptors (Lipinski definition) is 6. The van der Waals surface area contributed by atoms with Crippen LogP contribution in [0.2, 0.25) is 0 Å². The molecule has 2 atom stereocenters. The fourth-order valence-corrected chi connectivity index (χ4v) is 2.64. The van der Waals surface area contributed by atoms with Crippen LogP contribution in [-0.2, 0) is 14.3 Å². The average molecular weight is 350 g/mol. The summed E-state index contributed by atoms with van der Waals surface area (Å²) in [4.78, 5) is 33.3. The standard InChI is InChI=1S/C16H22N4O5/c17-16(22)14-8-7-11(25-14)10-19-15(21)6-3-9-18-12-4-1-2-5-13(12)20(23)24/h1-2,4-5,11,14,18H,3,6-10H2,(H2,17,22)(H,19,21)/t11-,14-/m0/s1. The molecule has 0 spiro atoms. The Morgan fingerprint density at radius 1 is 1.32 bits per heavy atom. The number of amides is 2. The summed E-state index contributed by atoms with van der Waals surface area (Å²) in [6, 6.07) is 6.37. The highest BCUT2D eigenvalue weighted by atomic mass is 16.6. The van der Waals surface area contributed by atoms with E-state index in [2.05, 4.69) is 10.6 Å². The summed E-state index contributed by atoms with van der Waals surface area (Å²) in [5.74, 6) is -0.606. The number of primary amides is 1. The minimum Gasteiger partial charge on any atom is -0.379 e. The highest BCUT2D eigenvalue weighted by Crippen LogP contribution is 2.23. The molecule has 1 aliphatic heterocycles. The Balaban J connectivity index is 1.63. The lowest BCUT2D eigenvalue weighted by atomic mass is 10.2. The van der Waals surface area contributed by atoms with Crippen LogP contribution in [0.1, 0.15) is 25.7 Å². The summed E-state index contributed by atoms with van der Waals surface area (Å²) in [6.45, 7) is 0.794. The minimum atomic E-state index is -0.562. The third-order valence-corrected chi connectivity index (χ3v) is 3.95. The van der Waals surface area contributed by atoms with Gasteiger partial charge in [0.15, 0.2) is 0 Å². The highest BCUT2D eigenvalue weighted by molar-refractivity contribution is 5.79. The maximum Gasteiger partial charge on any atom is 0.292 e. The van der Waals surface area contributed by atoms with E-state index in [1.165, 1.54) is 6.07 Å². The number of carbonyl (C=O) groups excluding carboxylic acids is 2. The molecule has 0 aliphatic carbocycles. The molecule has 2 amide bonds. The van der Waals surface area contributed by atoms with Crippen molar-refractivity contribution in [3.05, 3.63) is 34.4 Å². The number of nitrogens with zero attached hydrogens (tertiary/aromatic N) is 1. The molecule has 25 heavy (non-hydrogen) atoms. The second-order valence-corrected chi connectivity index (χ2v) is 5.84. The van der Waals surface area contributed by atoms with Crippen LogP contribution in [0.4, 0.5) is 11.4 Å². The van der Waals surface area contributed by atoms with Gasteiger partial charge >= 0.3 is 0 Å². The molecule has 1 aliphatic rings. The summed E-state index contributed by atoms with van der Waals surface area (Å²) in [5.41, 5.74) is 5.62. The molecule has 0 aromatic heterocycles. The van der Waals surface area contributed by atoms with Gasteiger partial charge in [0, 0.05) is 25.6 Å². The topological polar surface area (TPSA) is 137 Å². The Kier molecular flexibility index (Phi) is 6.70. The zero-order valence-corrected chi connectivity index (χ0v) is 13.8. The molecule has 9 heteroatoms. The first-order chi connectivity index (χ1) is 12.0. The molecule has 0 bridgehead atoms. The Morgan fingerprint density at radius 2 is 2.08 bits per heavy atom. The van der Waals surface area contributed by atoms with E-state index in [0.717, 1.165) is 0 Å². The zero-order chi connectivity index (χ0) is 18.2. The van der Waals surface area contributed by atoms with Gasteiger partial charge in [-0.05, 0) is 25.3 Å². The SMILES string of the molecule is NC(=O)[C@@H]1CC[C@@H](CNC(=O)CCCNc2ccccc2[N+](=O)[O-])O1. The predicted octanol–water partition coefficient (Wildman–Crippen LogP) is 0.936. The molecule has 0 unspecified atom stereocenters. The summed E-state index contributed by atoms with van der Waals surface area (Å²) >= 11 is 0. The van der Waals surface area contributed by atoms with Crippen molar-refractivity contribution in [3.8, 4) is 0 Å². The molecular formula is C16H22N4O5. The van der Waals surface area contributed by atoms with Gasteiger partial charge in [-0.15, -0.1) is 0 Å². The smallest absolute Gasteiger partial charge is 0.292 e. The summed E-state index contributed by atoms with van der Waals surface area (Å²) in [6.07, 6.45) is 1.34. The van der Waals surface area contributed by atoms with Gasteiger partial charge in [0.2, 0.25) is 11.8 Å². The molecule has 9 nitrogen and oxygen atoms in total. The second kappa shape index (κ2) is 8.97. The normalized spacial score (nSPS) is 19.4. The van der Waals surface area contributed by atoms with E-state index in [0.29, 0.717) is 44.5 Å². The Hall–Kier alpha value is -2.68. The van der Waals surface area contributed by atoms with Gasteiger partial charge in [0.1, 0.15) is 11.8 Å². The lowest BCUT2D eigenvalue weighted by Gasteiger charge is -2.13. The number of carbonyl (C=O) groups is 2. The van der Waals surface area contributed by atoms with Crippen LogP contribution >= 0.6 is 0 Å². The minimum absolute atomic E-state index is 0.00865. The number of anilines is 1. The van der Waals surface area contributed by atoms with Gasteiger partial charge in [-0.3, -0.25) is 19.7 Å². The molecule has 4 N–H and O–H groups in total. The third kappa shape index (κ3) is 5.71. The molecule has 136 valence electrons. The number of nitro benzene ring substituents is 1. The van der Waals surface area contributed by atoms with Crippen molar-refractivity contribution < 1.29 is 19.2 Å². The van der Waals surface area contributed by atoms with Crippen molar-refractivity contribution in [1.82, 2.24) is 5.32 Å². The van der Waals surface area contributed by atoms with E-state index in [-0.39, 0.29) is 17.7 Å². The summed E-state index contributed by atoms with van der Waals surface area (Å²) in [5, 5.41) is 16.6.